The molecule has 0 amide bonds. The summed E-state index contributed by atoms with van der Waals surface area (Å²) < 4.78 is 0. The van der Waals surface area contributed by atoms with Gasteiger partial charge in [-0.25, -0.2) is 0 Å². The lowest BCUT2D eigenvalue weighted by molar-refractivity contribution is 0.0926. The maximum atomic E-state index is 2.89. The third kappa shape index (κ3) is 8.83. The van der Waals surface area contributed by atoms with Crippen molar-refractivity contribution in [1.29, 1.82) is 0 Å². The molecular weight excluding hydrogens is 1020 g/mol. The summed E-state index contributed by atoms with van der Waals surface area (Å²) in [5.41, 5.74) is 30.7. The second kappa shape index (κ2) is 19.1. The zero-order valence-corrected chi connectivity index (χ0v) is 55.0. The Bertz CT molecular complexity index is 3890. The van der Waals surface area contributed by atoms with Crippen molar-refractivity contribution < 1.29 is 0 Å². The van der Waals surface area contributed by atoms with Gasteiger partial charge in [0.2, 0.25) is 6.71 Å². The zero-order valence-electron chi connectivity index (χ0n) is 55.0. The standard InChI is InChI=1S/C82H93BN2/c1-75(2,3)53-32-37-58(38-33-53)84(59-39-34-54(35-40-59)76(4,5)6)60-49-64-70-69-66(81(18)42-26-27-43-82(70,81)19)47-57(79(13,14)15)48-67(69)83-71(64)68(50-60)85(74-72(83)61-41-36-55(77(7,8)9)46-65(61)80(74,16)17)73-62(51-28-22-20-23-29-51)44-56(78(10,11)12)45-63(73)52-30-24-21-25-31-52/h20-25,28-41,44-50,70H,26-27,42-43H2,1-19H3. The van der Waals surface area contributed by atoms with Crippen molar-refractivity contribution in [1.82, 2.24) is 0 Å². The molecule has 0 spiro atoms. The fourth-order valence-electron chi connectivity index (χ4n) is 16.4. The lowest BCUT2D eigenvalue weighted by Crippen LogP contribution is -2.57. The number of fused-ring (bicyclic) bond motifs is 8. The van der Waals surface area contributed by atoms with Gasteiger partial charge < -0.3 is 9.80 Å². The van der Waals surface area contributed by atoms with Crippen LogP contribution in [-0.4, -0.2) is 6.71 Å². The van der Waals surface area contributed by atoms with Crippen LogP contribution >= 0.6 is 0 Å². The van der Waals surface area contributed by atoms with Crippen molar-refractivity contribution in [2.24, 2.45) is 5.41 Å². The van der Waals surface area contributed by atoms with E-state index in [1.54, 1.807) is 16.6 Å². The van der Waals surface area contributed by atoms with Crippen LogP contribution in [0.5, 0.6) is 0 Å². The van der Waals surface area contributed by atoms with E-state index < -0.39 is 5.41 Å². The highest BCUT2D eigenvalue weighted by molar-refractivity contribution is 7.02. The van der Waals surface area contributed by atoms with Crippen LogP contribution in [0.2, 0.25) is 0 Å². The van der Waals surface area contributed by atoms with Gasteiger partial charge in [-0.1, -0.05) is 265 Å². The molecule has 1 fully saturated rings. The van der Waals surface area contributed by atoms with Gasteiger partial charge in [-0.3, -0.25) is 0 Å². The van der Waals surface area contributed by atoms with E-state index in [-0.39, 0.29) is 50.5 Å². The van der Waals surface area contributed by atoms with E-state index in [4.69, 9.17) is 0 Å². The molecule has 3 aliphatic carbocycles. The summed E-state index contributed by atoms with van der Waals surface area (Å²) >= 11 is 0. The van der Waals surface area contributed by atoms with E-state index in [9.17, 15) is 0 Å². The van der Waals surface area contributed by atoms with Crippen LogP contribution < -0.4 is 20.7 Å². The van der Waals surface area contributed by atoms with Crippen LogP contribution in [0.25, 0.3) is 27.7 Å². The van der Waals surface area contributed by atoms with E-state index in [1.165, 1.54) is 138 Å². The first kappa shape index (κ1) is 57.3. The van der Waals surface area contributed by atoms with Gasteiger partial charge in [0.15, 0.2) is 0 Å². The molecule has 3 heteroatoms. The third-order valence-electron chi connectivity index (χ3n) is 21.6. The number of nitrogens with zero attached hydrogens (tertiary/aromatic N) is 2. The Morgan fingerprint density at radius 1 is 0.447 bits per heavy atom. The van der Waals surface area contributed by atoms with Crippen molar-refractivity contribution in [2.75, 3.05) is 9.80 Å². The summed E-state index contributed by atoms with van der Waals surface area (Å²) in [6, 6.07) is 65.5. The van der Waals surface area contributed by atoms with Gasteiger partial charge in [-0.05, 0) is 177 Å². The van der Waals surface area contributed by atoms with Crippen LogP contribution in [0, 0.1) is 5.41 Å². The minimum Gasteiger partial charge on any atom is -0.313 e. The molecule has 0 N–H and O–H groups in total. The fourth-order valence-corrected chi connectivity index (χ4v) is 16.4. The maximum absolute atomic E-state index is 2.89. The predicted molar refractivity (Wildman–Crippen MR) is 368 cm³/mol. The van der Waals surface area contributed by atoms with Crippen LogP contribution in [0.4, 0.5) is 28.4 Å². The average Bonchev–Trinajstić information content (AvgIpc) is 1.53. The Morgan fingerprint density at radius 2 is 0.918 bits per heavy atom. The maximum Gasteiger partial charge on any atom is 0.247 e. The topological polar surface area (TPSA) is 6.48 Å². The lowest BCUT2D eigenvalue weighted by Gasteiger charge is -2.51. The van der Waals surface area contributed by atoms with Crippen molar-refractivity contribution in [3.8, 4) is 22.3 Å². The first-order valence-corrected chi connectivity index (χ1v) is 32.2. The van der Waals surface area contributed by atoms with Gasteiger partial charge >= 0.3 is 0 Å². The number of benzene rings is 8. The molecule has 0 aromatic heterocycles. The Morgan fingerprint density at radius 3 is 1.42 bits per heavy atom. The molecule has 2 aliphatic heterocycles. The van der Waals surface area contributed by atoms with Crippen molar-refractivity contribution in [2.45, 2.75) is 201 Å². The summed E-state index contributed by atoms with van der Waals surface area (Å²) in [4.78, 5) is 5.51. The first-order chi connectivity index (χ1) is 39.8. The fraction of sp³-hybridized carbons (Fsp3) is 0.390. The average molecular weight is 1120 g/mol. The van der Waals surface area contributed by atoms with Gasteiger partial charge in [-0.2, -0.15) is 0 Å². The monoisotopic (exact) mass is 1120 g/mol. The van der Waals surface area contributed by atoms with E-state index >= 15 is 0 Å². The minimum atomic E-state index is -0.427. The van der Waals surface area contributed by atoms with Gasteiger partial charge in [0.25, 0.3) is 0 Å². The van der Waals surface area contributed by atoms with Crippen LogP contribution in [0.3, 0.4) is 0 Å². The quantitative estimate of drug-likeness (QED) is 0.153. The summed E-state index contributed by atoms with van der Waals surface area (Å²) in [7, 11) is 0. The normalized spacial score (nSPS) is 20.4. The molecule has 13 rings (SSSR count). The molecule has 5 aliphatic rings. The van der Waals surface area contributed by atoms with Crippen molar-refractivity contribution in [3.63, 3.8) is 0 Å². The van der Waals surface area contributed by atoms with E-state index in [2.05, 4.69) is 305 Å². The highest BCUT2D eigenvalue weighted by atomic mass is 15.2. The van der Waals surface area contributed by atoms with Gasteiger partial charge in [0, 0.05) is 50.9 Å². The molecule has 0 radical (unpaired) electrons. The third-order valence-corrected chi connectivity index (χ3v) is 21.6. The summed E-state index contributed by atoms with van der Waals surface area (Å²) in [6.45, 7) is 46.2. The lowest BCUT2D eigenvalue weighted by atomic mass is 9.29. The number of allylic oxidation sites excluding steroid dienone is 1. The molecule has 8 aromatic carbocycles. The molecule has 2 nitrogen and oxygen atoms in total. The Hall–Kier alpha value is -6.84. The van der Waals surface area contributed by atoms with Crippen LogP contribution in [-0.2, 0) is 37.9 Å². The zero-order chi connectivity index (χ0) is 60.5. The van der Waals surface area contributed by atoms with Gasteiger partial charge in [-0.15, -0.1) is 0 Å². The largest absolute Gasteiger partial charge is 0.313 e. The molecule has 1 saturated carbocycles. The molecule has 8 aromatic rings. The van der Waals surface area contributed by atoms with Gasteiger partial charge in [0.05, 0.1) is 5.69 Å². The molecular formula is C82H93BN2. The number of anilines is 5. The van der Waals surface area contributed by atoms with E-state index in [0.717, 1.165) is 0 Å². The van der Waals surface area contributed by atoms with Gasteiger partial charge in [0.1, 0.15) is 0 Å². The molecule has 2 heterocycles. The van der Waals surface area contributed by atoms with Crippen LogP contribution in [0.1, 0.15) is 219 Å². The van der Waals surface area contributed by atoms with Crippen LogP contribution in [0.15, 0.2) is 169 Å². The Kier molecular flexibility index (Phi) is 12.9. The predicted octanol–water partition coefficient (Wildman–Crippen LogP) is 21.3. The second-order valence-electron chi connectivity index (χ2n) is 32.6. The number of hydrogen-bond acceptors (Lipinski definition) is 2. The smallest absolute Gasteiger partial charge is 0.247 e. The summed E-state index contributed by atoms with van der Waals surface area (Å²) in [6.07, 6.45) is 4.89. The minimum absolute atomic E-state index is 0.00589. The number of hydrogen-bond donors (Lipinski definition) is 0. The number of rotatable bonds is 6. The second-order valence-corrected chi connectivity index (χ2v) is 32.6. The highest BCUT2D eigenvalue weighted by Crippen LogP contribution is 2.69. The molecule has 3 atom stereocenters. The van der Waals surface area contributed by atoms with E-state index in [1.807, 2.05) is 0 Å². The molecule has 0 bridgehead atoms. The highest BCUT2D eigenvalue weighted by Gasteiger charge is 2.64. The van der Waals surface area contributed by atoms with Crippen molar-refractivity contribution >= 4 is 51.5 Å². The van der Waals surface area contributed by atoms with Crippen molar-refractivity contribution in [3.05, 3.63) is 225 Å². The summed E-state index contributed by atoms with van der Waals surface area (Å²) in [5.74, 6) is 0.182. The first-order valence-electron chi connectivity index (χ1n) is 32.2. The van der Waals surface area contributed by atoms with E-state index in [0.29, 0.717) is 0 Å². The molecule has 434 valence electrons. The molecule has 85 heavy (non-hydrogen) atoms. The Balaban J connectivity index is 1.25. The Labute approximate surface area is 512 Å². The SMILES string of the molecule is CC(C)(C)c1ccc(N(c2ccc(C(C)(C)C)cc2)c2cc3c4c(c2)N(c2c(-c5ccccc5)cc(C(C)(C)C)cc2-c2ccccc2)C2=C(B4c4cc(C(C)(C)C)cc5c4C3C3(C)CCCCC53C)c3ccc(C(C)(C)C)cc3C2(C)C)cc1. The molecule has 0 saturated heterocycles. The molecule has 3 unspecified atom stereocenters. The summed E-state index contributed by atoms with van der Waals surface area (Å²) in [5, 5.41) is 0.